The Balaban J connectivity index is 2.05. The fraction of sp³-hybridized carbons (Fsp3) is 0.188. The molecule has 2 rings (SSSR count). The van der Waals surface area contributed by atoms with Crippen molar-refractivity contribution < 1.29 is 14.3 Å². The van der Waals surface area contributed by atoms with E-state index in [0.717, 1.165) is 22.6 Å². The zero-order valence-corrected chi connectivity index (χ0v) is 10.8. The number of ether oxygens (including phenoxy) is 2. The first kappa shape index (κ1) is 13.1. The van der Waals surface area contributed by atoms with E-state index < -0.39 is 5.97 Å². The van der Waals surface area contributed by atoms with Crippen molar-refractivity contribution in [2.45, 2.75) is 13.0 Å². The molecule has 3 heteroatoms. The van der Waals surface area contributed by atoms with E-state index in [9.17, 15) is 4.79 Å². The number of carbonyl (C=O) groups excluding carboxylic acids is 1. The van der Waals surface area contributed by atoms with Gasteiger partial charge in [0.25, 0.3) is 0 Å². The van der Waals surface area contributed by atoms with Crippen LogP contribution in [0, 0.1) is 0 Å². The highest BCUT2D eigenvalue weighted by molar-refractivity contribution is 5.88. The average molecular weight is 256 g/mol. The van der Waals surface area contributed by atoms with Crippen LogP contribution in [0.4, 0.5) is 0 Å². The largest absolute Gasteiger partial charge is 0.489 e. The van der Waals surface area contributed by atoms with Crippen LogP contribution in [-0.4, -0.2) is 18.7 Å². The van der Waals surface area contributed by atoms with Gasteiger partial charge in [0.2, 0.25) is 0 Å². The van der Waals surface area contributed by atoms with Gasteiger partial charge in [0.1, 0.15) is 18.5 Å². The van der Waals surface area contributed by atoms with Crippen LogP contribution in [0.3, 0.4) is 0 Å². The number of esters is 1. The molecule has 2 aromatic rings. The first-order chi connectivity index (χ1) is 9.20. The normalized spacial score (nSPS) is 11.8. The minimum absolute atomic E-state index is 0.313. The van der Waals surface area contributed by atoms with Gasteiger partial charge in [-0.3, -0.25) is 0 Å². The number of fused-ring (bicyclic) bond motifs is 1. The third kappa shape index (κ3) is 3.35. The summed E-state index contributed by atoms with van der Waals surface area (Å²) in [6.07, 6.45) is 0.832. The topological polar surface area (TPSA) is 35.5 Å². The van der Waals surface area contributed by atoms with E-state index in [1.807, 2.05) is 42.5 Å². The molecule has 0 aliphatic heterocycles. The van der Waals surface area contributed by atoms with Crippen LogP contribution in [0.5, 0.6) is 5.75 Å². The molecular formula is C16H16O3. The number of carbonyl (C=O) groups is 1. The molecule has 0 bridgehead atoms. The highest BCUT2D eigenvalue weighted by Gasteiger charge is 2.08. The van der Waals surface area contributed by atoms with Crippen molar-refractivity contribution in [3.8, 4) is 5.75 Å². The highest BCUT2D eigenvalue weighted by atomic mass is 16.6. The van der Waals surface area contributed by atoms with Crippen LogP contribution in [0.25, 0.3) is 10.8 Å². The van der Waals surface area contributed by atoms with Gasteiger partial charge in [-0.05, 0) is 18.4 Å². The molecule has 0 radical (unpaired) electrons. The van der Waals surface area contributed by atoms with Gasteiger partial charge in [-0.15, -0.1) is 0 Å². The van der Waals surface area contributed by atoms with E-state index in [1.54, 1.807) is 6.92 Å². The highest BCUT2D eigenvalue weighted by Crippen LogP contribution is 2.25. The molecule has 0 amide bonds. The Labute approximate surface area is 112 Å². The number of hydrogen-bond donors (Lipinski definition) is 0. The lowest BCUT2D eigenvalue weighted by molar-refractivity contribution is -0.143. The van der Waals surface area contributed by atoms with Crippen LogP contribution in [0.2, 0.25) is 0 Å². The zero-order valence-electron chi connectivity index (χ0n) is 10.8. The fourth-order valence-electron chi connectivity index (χ4n) is 1.81. The Morgan fingerprint density at radius 1 is 1.26 bits per heavy atom. The summed E-state index contributed by atoms with van der Waals surface area (Å²) in [5.74, 6) is 0.355. The molecular weight excluding hydrogens is 240 g/mol. The van der Waals surface area contributed by atoms with Crippen LogP contribution in [0.1, 0.15) is 6.92 Å². The molecule has 0 saturated heterocycles. The lowest BCUT2D eigenvalue weighted by Crippen LogP contribution is -2.20. The maximum Gasteiger partial charge on any atom is 0.330 e. The van der Waals surface area contributed by atoms with Gasteiger partial charge in [0.05, 0.1) is 0 Å². The maximum absolute atomic E-state index is 11.1. The van der Waals surface area contributed by atoms with Crippen LogP contribution in [0.15, 0.2) is 55.1 Å². The molecule has 0 aromatic heterocycles. The van der Waals surface area contributed by atoms with Crippen molar-refractivity contribution in [2.24, 2.45) is 0 Å². The third-order valence-corrected chi connectivity index (χ3v) is 2.71. The standard InChI is InChI=1S/C16H16O3/c1-3-16(17)19-12(2)11-18-15-10-6-8-13-7-4-5-9-14(13)15/h3-10,12H,1,11H2,2H3. The van der Waals surface area contributed by atoms with Crippen molar-refractivity contribution >= 4 is 16.7 Å². The van der Waals surface area contributed by atoms with E-state index in [2.05, 4.69) is 6.58 Å². The summed E-state index contributed by atoms with van der Waals surface area (Å²) < 4.78 is 10.8. The van der Waals surface area contributed by atoms with Gasteiger partial charge in [-0.25, -0.2) is 4.79 Å². The smallest absolute Gasteiger partial charge is 0.330 e. The number of hydrogen-bond acceptors (Lipinski definition) is 3. The number of benzene rings is 2. The Kier molecular flexibility index (Phi) is 4.18. The van der Waals surface area contributed by atoms with Crippen molar-refractivity contribution in [1.82, 2.24) is 0 Å². The maximum atomic E-state index is 11.1. The Morgan fingerprint density at radius 3 is 2.79 bits per heavy atom. The van der Waals surface area contributed by atoms with Gasteiger partial charge in [0, 0.05) is 11.5 Å². The first-order valence-electron chi connectivity index (χ1n) is 6.14. The first-order valence-corrected chi connectivity index (χ1v) is 6.14. The minimum atomic E-state index is -0.436. The summed E-state index contributed by atoms with van der Waals surface area (Å²) in [5, 5.41) is 2.17. The molecule has 0 spiro atoms. The minimum Gasteiger partial charge on any atom is -0.489 e. The Hall–Kier alpha value is -2.29. The Morgan fingerprint density at radius 2 is 2.00 bits per heavy atom. The summed E-state index contributed by atoms with van der Waals surface area (Å²) in [6, 6.07) is 13.9. The van der Waals surface area contributed by atoms with Crippen LogP contribution < -0.4 is 4.74 Å². The SMILES string of the molecule is C=CC(=O)OC(C)COc1cccc2ccccc12. The van der Waals surface area contributed by atoms with Crippen molar-refractivity contribution in [3.63, 3.8) is 0 Å². The third-order valence-electron chi connectivity index (χ3n) is 2.71. The number of rotatable bonds is 5. The molecule has 98 valence electrons. The van der Waals surface area contributed by atoms with Gasteiger partial charge in [-0.1, -0.05) is 43.0 Å². The van der Waals surface area contributed by atoms with Gasteiger partial charge >= 0.3 is 5.97 Å². The molecule has 0 saturated carbocycles. The van der Waals surface area contributed by atoms with Gasteiger partial charge in [-0.2, -0.15) is 0 Å². The predicted molar refractivity (Wildman–Crippen MR) is 75.2 cm³/mol. The van der Waals surface area contributed by atoms with Crippen LogP contribution in [-0.2, 0) is 9.53 Å². The molecule has 0 heterocycles. The molecule has 0 aliphatic rings. The second kappa shape index (κ2) is 6.05. The zero-order chi connectivity index (χ0) is 13.7. The second-order valence-electron chi connectivity index (χ2n) is 4.24. The van der Waals surface area contributed by atoms with Crippen LogP contribution >= 0.6 is 0 Å². The molecule has 0 N–H and O–H groups in total. The summed E-state index contributed by atoms with van der Waals surface area (Å²) in [6.45, 7) is 5.45. The molecule has 1 unspecified atom stereocenters. The van der Waals surface area contributed by atoms with Crippen molar-refractivity contribution in [1.29, 1.82) is 0 Å². The fourth-order valence-corrected chi connectivity index (χ4v) is 1.81. The van der Waals surface area contributed by atoms with E-state index in [4.69, 9.17) is 9.47 Å². The molecule has 1 atom stereocenters. The molecule has 19 heavy (non-hydrogen) atoms. The molecule has 3 nitrogen and oxygen atoms in total. The van der Waals surface area contributed by atoms with Crippen molar-refractivity contribution in [3.05, 3.63) is 55.1 Å². The summed E-state index contributed by atoms with van der Waals surface area (Å²) >= 11 is 0. The summed E-state index contributed by atoms with van der Waals surface area (Å²) in [7, 11) is 0. The summed E-state index contributed by atoms with van der Waals surface area (Å²) in [5.41, 5.74) is 0. The van der Waals surface area contributed by atoms with Gasteiger partial charge < -0.3 is 9.47 Å². The lowest BCUT2D eigenvalue weighted by Gasteiger charge is -2.14. The van der Waals surface area contributed by atoms with E-state index in [1.165, 1.54) is 0 Å². The van der Waals surface area contributed by atoms with Gasteiger partial charge in [0.15, 0.2) is 0 Å². The van der Waals surface area contributed by atoms with Crippen molar-refractivity contribution in [2.75, 3.05) is 6.61 Å². The average Bonchev–Trinajstić information content (AvgIpc) is 2.44. The monoisotopic (exact) mass is 256 g/mol. The van der Waals surface area contributed by atoms with E-state index in [-0.39, 0.29) is 6.10 Å². The molecule has 2 aromatic carbocycles. The lowest BCUT2D eigenvalue weighted by atomic mass is 10.1. The molecule has 0 aliphatic carbocycles. The molecule has 0 fully saturated rings. The van der Waals surface area contributed by atoms with E-state index >= 15 is 0 Å². The quantitative estimate of drug-likeness (QED) is 0.608. The Bertz CT molecular complexity index is 584. The predicted octanol–water partition coefficient (Wildman–Crippen LogP) is 3.34. The summed E-state index contributed by atoms with van der Waals surface area (Å²) in [4.78, 5) is 11.1. The van der Waals surface area contributed by atoms with E-state index in [0.29, 0.717) is 6.61 Å². The second-order valence-corrected chi connectivity index (χ2v) is 4.24.